The quantitative estimate of drug-likeness (QED) is 0.0876. The molecule has 76 heavy (non-hydrogen) atoms. The summed E-state index contributed by atoms with van der Waals surface area (Å²) in [6.45, 7) is 6.49. The van der Waals surface area contributed by atoms with E-state index < -0.39 is 160 Å². The number of esters is 8. The summed E-state index contributed by atoms with van der Waals surface area (Å²) in [5, 5.41) is 23.9. The molecule has 24 nitrogen and oxygen atoms in total. The molecule has 3 aliphatic heterocycles. The van der Waals surface area contributed by atoms with Crippen LogP contribution in [0.3, 0.4) is 0 Å². The maximum atomic E-state index is 14.0. The minimum Gasteiger partial charge on any atom is -0.463 e. The molecule has 3 heterocycles. The van der Waals surface area contributed by atoms with Crippen molar-refractivity contribution >= 4 is 47.8 Å². The van der Waals surface area contributed by atoms with Crippen LogP contribution in [0.1, 0.15) is 65.7 Å². The number of aliphatic hydroxyl groups excluding tert-OH is 2. The van der Waals surface area contributed by atoms with Crippen molar-refractivity contribution < 1.29 is 115 Å². The van der Waals surface area contributed by atoms with Crippen molar-refractivity contribution in [3.8, 4) is 0 Å². The van der Waals surface area contributed by atoms with Crippen LogP contribution in [0.2, 0.25) is 0 Å². The molecular weight excluding hydrogens is 1010 g/mol. The van der Waals surface area contributed by atoms with Crippen LogP contribution in [0.5, 0.6) is 0 Å². The minimum atomic E-state index is -2.00. The van der Waals surface area contributed by atoms with Gasteiger partial charge in [0.2, 0.25) is 0 Å². The summed E-state index contributed by atoms with van der Waals surface area (Å²) < 4.78 is 81.8. The first kappa shape index (κ1) is 58.1. The van der Waals surface area contributed by atoms with E-state index in [9.17, 15) is 48.6 Å². The molecule has 3 aromatic rings. The molecule has 2 N–H and O–H groups in total. The van der Waals surface area contributed by atoms with Gasteiger partial charge >= 0.3 is 47.8 Å². The number of carbonyl (C=O) groups is 8. The SMILES string of the molecule is C=CCO[C@H]1O[C@H](CO[C@@H]2O[C@H](COC(C)=O)[C@@H](OC(=O)c3ccccc3)[C@H](OC(=O)c3ccccc3)[C@H]2OC(=O)c2ccccc2)[C@@H](O)[C@H](O[C@@H]2O[C@H](COC(C)=O)[C@@H](OC(C)=O)[C@H](OC(C)=O)[C@H]2OC(C)=O)[C@H]1O. The van der Waals surface area contributed by atoms with Crippen LogP contribution in [0.15, 0.2) is 104 Å². The Morgan fingerprint density at radius 2 is 0.816 bits per heavy atom. The molecular formula is C52H58O24. The number of rotatable bonds is 21. The number of hydrogen-bond donors (Lipinski definition) is 2. The van der Waals surface area contributed by atoms with Gasteiger partial charge in [0.25, 0.3) is 0 Å². The third kappa shape index (κ3) is 15.7. The van der Waals surface area contributed by atoms with Crippen molar-refractivity contribution in [2.45, 2.75) is 127 Å². The normalized spacial score (nSPS) is 29.0. The molecule has 6 rings (SSSR count). The smallest absolute Gasteiger partial charge is 0.338 e. The van der Waals surface area contributed by atoms with E-state index in [2.05, 4.69) is 6.58 Å². The van der Waals surface area contributed by atoms with Crippen molar-refractivity contribution in [3.63, 3.8) is 0 Å². The zero-order valence-electron chi connectivity index (χ0n) is 41.8. The molecule has 24 heteroatoms. The highest BCUT2D eigenvalue weighted by atomic mass is 16.8. The van der Waals surface area contributed by atoms with Gasteiger partial charge in [-0.15, -0.1) is 6.58 Å². The van der Waals surface area contributed by atoms with Crippen LogP contribution >= 0.6 is 0 Å². The number of benzene rings is 3. The van der Waals surface area contributed by atoms with E-state index in [4.69, 9.17) is 66.3 Å². The van der Waals surface area contributed by atoms with Gasteiger partial charge in [-0.3, -0.25) is 24.0 Å². The zero-order valence-corrected chi connectivity index (χ0v) is 41.8. The standard InChI is InChI=1S/C52H58O24/c1-7-23-63-50-39(59)42(76-52-46(69-31(6)57)43(68-30(5)56)40(67-29(4)55)36(72-52)25-64-27(2)53)38(58)35(70-50)24-66-51-45(75-49(62)34-21-15-10-16-22-34)44(74-48(61)33-19-13-9-14-20-33)41(37(71-51)26-65-28(3)54)73-47(60)32-17-11-8-12-18-32/h7-22,35-46,50-52,58-59H,1,23-26H2,2-6H3/t35-,36-,37-,38-,39-,40-,41-,42+,43+,44+,45-,46-,50+,51-,52+/m1/s1. The number of carbonyl (C=O) groups excluding carboxylic acids is 8. The van der Waals surface area contributed by atoms with Crippen molar-refractivity contribution in [1.82, 2.24) is 0 Å². The number of hydrogen-bond acceptors (Lipinski definition) is 24. The Morgan fingerprint density at radius 3 is 1.28 bits per heavy atom. The van der Waals surface area contributed by atoms with E-state index >= 15 is 0 Å². The summed E-state index contributed by atoms with van der Waals surface area (Å²) in [6.07, 6.45) is -25.1. The highest BCUT2D eigenvalue weighted by molar-refractivity contribution is 5.91. The second kappa shape index (κ2) is 27.6. The fourth-order valence-corrected chi connectivity index (χ4v) is 8.19. The topological polar surface area (TPSA) is 306 Å². The Hall–Kier alpha value is -7.16. The average molecular weight is 1070 g/mol. The first-order valence-electron chi connectivity index (χ1n) is 23.7. The monoisotopic (exact) mass is 1070 g/mol. The largest absolute Gasteiger partial charge is 0.463 e. The van der Waals surface area contributed by atoms with Crippen LogP contribution < -0.4 is 0 Å². The van der Waals surface area contributed by atoms with Crippen molar-refractivity contribution in [2.24, 2.45) is 0 Å². The molecule has 0 bridgehead atoms. The molecule has 0 amide bonds. The van der Waals surface area contributed by atoms with Crippen LogP contribution in [0.25, 0.3) is 0 Å². The van der Waals surface area contributed by atoms with Gasteiger partial charge in [-0.05, 0) is 36.4 Å². The zero-order chi connectivity index (χ0) is 55.1. The maximum Gasteiger partial charge on any atom is 0.338 e. The number of ether oxygens (including phenoxy) is 14. The summed E-state index contributed by atoms with van der Waals surface area (Å²) >= 11 is 0. The molecule has 3 saturated heterocycles. The second-order valence-electron chi connectivity index (χ2n) is 17.2. The number of aliphatic hydroxyl groups is 2. The van der Waals surface area contributed by atoms with Gasteiger partial charge in [-0.2, -0.15) is 0 Å². The van der Waals surface area contributed by atoms with Gasteiger partial charge in [-0.1, -0.05) is 60.7 Å². The van der Waals surface area contributed by atoms with E-state index in [-0.39, 0.29) is 23.3 Å². The predicted octanol–water partition coefficient (Wildman–Crippen LogP) is 2.09. The molecule has 410 valence electrons. The molecule has 0 spiro atoms. The molecule has 3 aromatic carbocycles. The molecule has 0 saturated carbocycles. The predicted molar refractivity (Wildman–Crippen MR) is 252 cm³/mol. The summed E-state index contributed by atoms with van der Waals surface area (Å²) in [4.78, 5) is 104. The van der Waals surface area contributed by atoms with Gasteiger partial charge in [0.1, 0.15) is 49.8 Å². The van der Waals surface area contributed by atoms with E-state index in [0.717, 1.165) is 34.6 Å². The molecule has 3 aliphatic rings. The van der Waals surface area contributed by atoms with E-state index in [0.29, 0.717) is 0 Å². The van der Waals surface area contributed by atoms with E-state index in [1.54, 1.807) is 54.6 Å². The highest BCUT2D eigenvalue weighted by Gasteiger charge is 2.57. The molecule has 0 radical (unpaired) electrons. The fraction of sp³-hybridized carbons (Fsp3) is 0.462. The Balaban J connectivity index is 1.39. The Bertz CT molecular complexity index is 2470. The second-order valence-corrected chi connectivity index (χ2v) is 17.2. The fourth-order valence-electron chi connectivity index (χ4n) is 8.19. The maximum absolute atomic E-state index is 14.0. The Kier molecular flexibility index (Phi) is 21.1. The van der Waals surface area contributed by atoms with Crippen LogP contribution in [0.4, 0.5) is 0 Å². The Labute approximate surface area is 435 Å². The van der Waals surface area contributed by atoms with Gasteiger partial charge in [0.15, 0.2) is 55.5 Å². The lowest BCUT2D eigenvalue weighted by atomic mass is 9.96. The molecule has 15 atom stereocenters. The molecule has 0 aromatic heterocycles. The van der Waals surface area contributed by atoms with Crippen LogP contribution in [-0.4, -0.2) is 177 Å². The Morgan fingerprint density at radius 1 is 0.434 bits per heavy atom. The van der Waals surface area contributed by atoms with Gasteiger partial charge in [-0.25, -0.2) is 14.4 Å². The molecule has 0 unspecified atom stereocenters. The minimum absolute atomic E-state index is 0.0127. The highest BCUT2D eigenvalue weighted by Crippen LogP contribution is 2.36. The van der Waals surface area contributed by atoms with E-state index in [1.165, 1.54) is 42.5 Å². The van der Waals surface area contributed by atoms with Gasteiger partial charge in [0, 0.05) is 34.6 Å². The van der Waals surface area contributed by atoms with Crippen molar-refractivity contribution in [3.05, 3.63) is 120 Å². The first-order valence-corrected chi connectivity index (χ1v) is 23.7. The van der Waals surface area contributed by atoms with Gasteiger partial charge in [0.05, 0.1) is 29.9 Å². The third-order valence-corrected chi connectivity index (χ3v) is 11.5. The lowest BCUT2D eigenvalue weighted by molar-refractivity contribution is -0.365. The van der Waals surface area contributed by atoms with E-state index in [1.807, 2.05) is 0 Å². The first-order chi connectivity index (χ1) is 36.3. The summed E-state index contributed by atoms with van der Waals surface area (Å²) in [5.41, 5.74) is 0.0889. The lowest BCUT2D eigenvalue weighted by Crippen LogP contribution is -2.67. The van der Waals surface area contributed by atoms with Gasteiger partial charge < -0.3 is 76.5 Å². The molecule has 3 fully saturated rings. The van der Waals surface area contributed by atoms with Crippen LogP contribution in [-0.2, 0) is 90.3 Å². The summed E-state index contributed by atoms with van der Waals surface area (Å²) in [5.74, 6) is -7.34. The average Bonchev–Trinajstić information content (AvgIpc) is 3.40. The van der Waals surface area contributed by atoms with Crippen molar-refractivity contribution in [1.29, 1.82) is 0 Å². The molecule has 0 aliphatic carbocycles. The van der Waals surface area contributed by atoms with Crippen molar-refractivity contribution in [2.75, 3.05) is 26.4 Å². The van der Waals surface area contributed by atoms with Crippen LogP contribution in [0, 0.1) is 0 Å². The summed E-state index contributed by atoms with van der Waals surface area (Å²) in [7, 11) is 0. The lowest BCUT2D eigenvalue weighted by Gasteiger charge is -2.48. The third-order valence-electron chi connectivity index (χ3n) is 11.5. The summed E-state index contributed by atoms with van der Waals surface area (Å²) in [6, 6.07) is 22.9.